The van der Waals surface area contributed by atoms with E-state index in [0.717, 1.165) is 18.5 Å². The van der Waals surface area contributed by atoms with Crippen LogP contribution in [0.5, 0.6) is 0 Å². The summed E-state index contributed by atoms with van der Waals surface area (Å²) in [6.07, 6.45) is 1.13. The van der Waals surface area contributed by atoms with Crippen LogP contribution in [0, 0.1) is 11.6 Å². The molecule has 2 aromatic rings. The molecule has 0 bridgehead atoms. The van der Waals surface area contributed by atoms with Gasteiger partial charge in [-0.05, 0) is 28.1 Å². The molecule has 8 heteroatoms. The van der Waals surface area contributed by atoms with E-state index in [0.29, 0.717) is 0 Å². The van der Waals surface area contributed by atoms with E-state index in [2.05, 4.69) is 47.1 Å². The molecule has 2 N–H and O–H groups in total. The first-order valence-corrected chi connectivity index (χ1v) is 6.22. The molecule has 0 saturated carbocycles. The van der Waals surface area contributed by atoms with Crippen LogP contribution in [-0.4, -0.2) is 9.97 Å². The Hall–Kier alpha value is -1.28. The molecular weight excluding hydrogens is 376 g/mol. The summed E-state index contributed by atoms with van der Waals surface area (Å²) in [6, 6.07) is 2.21. The molecule has 0 atom stereocenters. The summed E-state index contributed by atoms with van der Waals surface area (Å²) < 4.78 is 27.5. The van der Waals surface area contributed by atoms with E-state index in [9.17, 15) is 13.6 Å². The molecule has 0 aliphatic carbocycles. The van der Waals surface area contributed by atoms with E-state index < -0.39 is 17.2 Å². The van der Waals surface area contributed by atoms with Crippen molar-refractivity contribution < 1.29 is 8.78 Å². The highest BCUT2D eigenvalue weighted by atomic mass is 79.9. The maximum Gasteiger partial charge on any atom is 0.267 e. The van der Waals surface area contributed by atoms with Crippen LogP contribution in [0.15, 0.2) is 32.2 Å². The van der Waals surface area contributed by atoms with Crippen molar-refractivity contribution in [1.29, 1.82) is 0 Å². The second kappa shape index (κ2) is 5.15. The van der Waals surface area contributed by atoms with Crippen molar-refractivity contribution in [2.75, 3.05) is 5.32 Å². The minimum Gasteiger partial charge on any atom is -0.334 e. The summed E-state index contributed by atoms with van der Waals surface area (Å²) >= 11 is 5.95. The van der Waals surface area contributed by atoms with Crippen molar-refractivity contribution in [1.82, 2.24) is 9.97 Å². The summed E-state index contributed by atoms with van der Waals surface area (Å²) in [6.45, 7) is 0. The van der Waals surface area contributed by atoms with Crippen LogP contribution in [0.1, 0.15) is 0 Å². The third kappa shape index (κ3) is 2.59. The SMILES string of the molecule is O=c1[nH]cnc(Nc2c(F)cc(Br)cc2F)c1Br. The molecule has 0 saturated heterocycles. The lowest BCUT2D eigenvalue weighted by Gasteiger charge is -2.09. The molecule has 94 valence electrons. The van der Waals surface area contributed by atoms with Crippen molar-refractivity contribution in [2.24, 2.45) is 0 Å². The molecule has 0 aliphatic rings. The summed E-state index contributed by atoms with van der Waals surface area (Å²) in [4.78, 5) is 17.4. The Kier molecular flexibility index (Phi) is 3.76. The standard InChI is InChI=1S/C10H5Br2F2N3O/c11-4-1-5(13)8(6(14)2-4)17-9-7(12)10(18)16-3-15-9/h1-3H,(H2,15,16,17,18). The predicted molar refractivity (Wildman–Crippen MR) is 69.9 cm³/mol. The molecule has 1 heterocycles. The molecule has 0 spiro atoms. The van der Waals surface area contributed by atoms with Gasteiger partial charge in [0.05, 0.1) is 6.33 Å². The topological polar surface area (TPSA) is 57.8 Å². The summed E-state index contributed by atoms with van der Waals surface area (Å²) in [7, 11) is 0. The first-order chi connectivity index (χ1) is 8.49. The van der Waals surface area contributed by atoms with Gasteiger partial charge >= 0.3 is 0 Å². The zero-order valence-electron chi connectivity index (χ0n) is 8.60. The van der Waals surface area contributed by atoms with Crippen molar-refractivity contribution in [2.45, 2.75) is 0 Å². The van der Waals surface area contributed by atoms with Gasteiger partial charge in [0.15, 0.2) is 17.5 Å². The number of anilines is 2. The first-order valence-electron chi connectivity index (χ1n) is 4.64. The molecule has 1 aromatic heterocycles. The van der Waals surface area contributed by atoms with E-state index in [1.807, 2.05) is 0 Å². The quantitative estimate of drug-likeness (QED) is 0.840. The van der Waals surface area contributed by atoms with Crippen LogP contribution in [0.25, 0.3) is 0 Å². The Morgan fingerprint density at radius 1 is 1.22 bits per heavy atom. The van der Waals surface area contributed by atoms with Crippen LogP contribution in [0.3, 0.4) is 0 Å². The van der Waals surface area contributed by atoms with Gasteiger partial charge in [-0.25, -0.2) is 13.8 Å². The Labute approximate surface area is 117 Å². The molecule has 0 aliphatic heterocycles. The zero-order chi connectivity index (χ0) is 13.3. The highest BCUT2D eigenvalue weighted by Crippen LogP contribution is 2.27. The van der Waals surface area contributed by atoms with Gasteiger partial charge in [-0.1, -0.05) is 15.9 Å². The molecule has 0 fully saturated rings. The monoisotopic (exact) mass is 379 g/mol. The third-order valence-corrected chi connectivity index (χ3v) is 3.24. The second-order valence-corrected chi connectivity index (χ2v) is 4.97. The molecule has 18 heavy (non-hydrogen) atoms. The van der Waals surface area contributed by atoms with Gasteiger partial charge in [0, 0.05) is 4.47 Å². The highest BCUT2D eigenvalue weighted by Gasteiger charge is 2.13. The number of halogens is 4. The van der Waals surface area contributed by atoms with E-state index in [1.54, 1.807) is 0 Å². The molecule has 0 unspecified atom stereocenters. The Balaban J connectivity index is 2.47. The summed E-state index contributed by atoms with van der Waals surface area (Å²) in [5, 5.41) is 2.43. The molecule has 2 rings (SSSR count). The maximum atomic E-state index is 13.6. The van der Waals surface area contributed by atoms with Gasteiger partial charge in [-0.15, -0.1) is 0 Å². The Morgan fingerprint density at radius 2 is 1.83 bits per heavy atom. The van der Waals surface area contributed by atoms with Crippen molar-refractivity contribution in [3.05, 3.63) is 49.4 Å². The maximum absolute atomic E-state index is 13.6. The Bertz CT molecular complexity index is 637. The van der Waals surface area contributed by atoms with Gasteiger partial charge in [-0.2, -0.15) is 0 Å². The van der Waals surface area contributed by atoms with E-state index in [1.165, 1.54) is 0 Å². The van der Waals surface area contributed by atoms with Gasteiger partial charge in [0.2, 0.25) is 0 Å². The van der Waals surface area contributed by atoms with E-state index in [-0.39, 0.29) is 20.5 Å². The van der Waals surface area contributed by atoms with Crippen LogP contribution >= 0.6 is 31.9 Å². The number of rotatable bonds is 2. The number of nitrogens with one attached hydrogen (secondary N) is 2. The molecule has 0 radical (unpaired) electrons. The average Bonchev–Trinajstić information content (AvgIpc) is 2.28. The van der Waals surface area contributed by atoms with Gasteiger partial charge < -0.3 is 10.3 Å². The van der Waals surface area contributed by atoms with Gasteiger partial charge in [-0.3, -0.25) is 4.79 Å². The zero-order valence-corrected chi connectivity index (χ0v) is 11.8. The third-order valence-electron chi connectivity index (χ3n) is 2.05. The second-order valence-electron chi connectivity index (χ2n) is 3.26. The number of aromatic amines is 1. The highest BCUT2D eigenvalue weighted by molar-refractivity contribution is 9.10. The smallest absolute Gasteiger partial charge is 0.267 e. The summed E-state index contributed by atoms with van der Waals surface area (Å²) in [5.74, 6) is -1.56. The van der Waals surface area contributed by atoms with Crippen LogP contribution in [-0.2, 0) is 0 Å². The van der Waals surface area contributed by atoms with Crippen molar-refractivity contribution >= 4 is 43.4 Å². The fourth-order valence-electron chi connectivity index (χ4n) is 1.25. The normalized spacial score (nSPS) is 10.4. The predicted octanol–water partition coefficient (Wildman–Crippen LogP) is 3.32. The first kappa shape index (κ1) is 13.2. The lowest BCUT2D eigenvalue weighted by atomic mass is 10.3. The minimum atomic E-state index is -0.796. The summed E-state index contributed by atoms with van der Waals surface area (Å²) in [5.41, 5.74) is -0.831. The minimum absolute atomic E-state index is 0.0267. The molecule has 4 nitrogen and oxygen atoms in total. The number of H-pyrrole nitrogens is 1. The number of hydrogen-bond acceptors (Lipinski definition) is 3. The number of nitrogens with zero attached hydrogens (tertiary/aromatic N) is 1. The molecule has 1 aromatic carbocycles. The lowest BCUT2D eigenvalue weighted by molar-refractivity contribution is 0.589. The van der Waals surface area contributed by atoms with Crippen LogP contribution < -0.4 is 10.9 Å². The number of aromatic nitrogens is 2. The van der Waals surface area contributed by atoms with Crippen LogP contribution in [0.4, 0.5) is 20.3 Å². The van der Waals surface area contributed by atoms with E-state index >= 15 is 0 Å². The van der Waals surface area contributed by atoms with Crippen LogP contribution in [0.2, 0.25) is 0 Å². The van der Waals surface area contributed by atoms with Gasteiger partial charge in [0.1, 0.15) is 10.2 Å². The number of hydrogen-bond donors (Lipinski definition) is 2. The fourth-order valence-corrected chi connectivity index (χ4v) is 1.97. The van der Waals surface area contributed by atoms with Crippen molar-refractivity contribution in [3.8, 4) is 0 Å². The van der Waals surface area contributed by atoms with Gasteiger partial charge in [0.25, 0.3) is 5.56 Å². The average molecular weight is 381 g/mol. The van der Waals surface area contributed by atoms with Crippen molar-refractivity contribution in [3.63, 3.8) is 0 Å². The fraction of sp³-hybridized carbons (Fsp3) is 0. The molecular formula is C10H5Br2F2N3O. The number of benzene rings is 1. The lowest BCUT2D eigenvalue weighted by Crippen LogP contribution is -2.11. The Morgan fingerprint density at radius 3 is 2.44 bits per heavy atom. The van der Waals surface area contributed by atoms with E-state index in [4.69, 9.17) is 0 Å². The molecule has 0 amide bonds. The largest absolute Gasteiger partial charge is 0.334 e.